The number of nitrogens with one attached hydrogen (secondary N) is 2. The molecule has 1 unspecified atom stereocenters. The van der Waals surface area contributed by atoms with Crippen LogP contribution in [0.25, 0.3) is 0 Å². The minimum atomic E-state index is 0.557. The number of hydrogen-bond acceptors (Lipinski definition) is 5. The van der Waals surface area contributed by atoms with Crippen molar-refractivity contribution in [2.45, 2.75) is 26.7 Å². The zero-order valence-electron chi connectivity index (χ0n) is 17.1. The number of guanidine groups is 1. The average Bonchev–Trinajstić information content (AvgIpc) is 3.35. The molecule has 1 fully saturated rings. The number of benzene rings is 1. The van der Waals surface area contributed by atoms with Crippen molar-refractivity contribution in [2.24, 2.45) is 10.9 Å². The van der Waals surface area contributed by atoms with E-state index in [0.29, 0.717) is 5.92 Å². The van der Waals surface area contributed by atoms with Gasteiger partial charge in [0.25, 0.3) is 0 Å². The van der Waals surface area contributed by atoms with Gasteiger partial charge in [-0.3, -0.25) is 4.99 Å². The van der Waals surface area contributed by atoms with Crippen molar-refractivity contribution in [3.05, 3.63) is 40.3 Å². The third-order valence-corrected chi connectivity index (χ3v) is 5.73. The SMILES string of the molecule is CCNC(=NCC1CCN(c2ccccc2OC)C1)NCCc1csc(C)n1. The highest BCUT2D eigenvalue weighted by atomic mass is 32.1. The number of nitrogens with zero attached hydrogens (tertiary/aromatic N) is 3. The van der Waals surface area contributed by atoms with Crippen molar-refractivity contribution in [3.63, 3.8) is 0 Å². The van der Waals surface area contributed by atoms with Crippen molar-refractivity contribution >= 4 is 23.0 Å². The van der Waals surface area contributed by atoms with Crippen LogP contribution in [0.4, 0.5) is 5.69 Å². The molecule has 0 bridgehead atoms. The third kappa shape index (κ3) is 5.61. The number of aliphatic imine (C=N–C) groups is 1. The lowest BCUT2D eigenvalue weighted by molar-refractivity contribution is 0.414. The van der Waals surface area contributed by atoms with Crippen LogP contribution in [0.2, 0.25) is 0 Å². The number of thiazole rings is 1. The van der Waals surface area contributed by atoms with Crippen LogP contribution < -0.4 is 20.3 Å². The van der Waals surface area contributed by atoms with E-state index in [1.807, 2.05) is 19.1 Å². The second-order valence-electron chi connectivity index (χ2n) is 7.03. The minimum absolute atomic E-state index is 0.557. The van der Waals surface area contributed by atoms with Gasteiger partial charge < -0.3 is 20.3 Å². The summed E-state index contributed by atoms with van der Waals surface area (Å²) in [6, 6.07) is 8.25. The van der Waals surface area contributed by atoms with Crippen molar-refractivity contribution in [1.29, 1.82) is 0 Å². The summed E-state index contributed by atoms with van der Waals surface area (Å²) in [6.45, 7) is 8.74. The predicted molar refractivity (Wildman–Crippen MR) is 118 cm³/mol. The standard InChI is InChI=1S/C21H31N5OS/c1-4-22-21(23-11-9-18-15-28-16(2)25-18)24-13-17-10-12-26(14-17)19-7-5-6-8-20(19)27-3/h5-8,15,17H,4,9-14H2,1-3H3,(H2,22,23,24). The van der Waals surface area contributed by atoms with Crippen molar-refractivity contribution in [3.8, 4) is 5.75 Å². The van der Waals surface area contributed by atoms with Crippen molar-refractivity contribution < 1.29 is 4.74 Å². The van der Waals surface area contributed by atoms with Gasteiger partial charge in [0.05, 0.1) is 23.5 Å². The zero-order chi connectivity index (χ0) is 19.8. The normalized spacial score (nSPS) is 17.0. The summed E-state index contributed by atoms with van der Waals surface area (Å²) >= 11 is 1.70. The van der Waals surface area contributed by atoms with E-state index >= 15 is 0 Å². The lowest BCUT2D eigenvalue weighted by Crippen LogP contribution is -2.38. The molecule has 3 rings (SSSR count). The van der Waals surface area contributed by atoms with Crippen LogP contribution in [0.1, 0.15) is 24.0 Å². The Labute approximate surface area is 172 Å². The molecule has 1 atom stereocenters. The Morgan fingerprint density at radius 3 is 2.96 bits per heavy atom. The molecule has 2 heterocycles. The molecular weight excluding hydrogens is 370 g/mol. The second kappa shape index (κ2) is 10.3. The van der Waals surface area contributed by atoms with Gasteiger partial charge in [-0.15, -0.1) is 11.3 Å². The van der Waals surface area contributed by atoms with Crippen LogP contribution in [-0.2, 0) is 6.42 Å². The zero-order valence-corrected chi connectivity index (χ0v) is 17.9. The average molecular weight is 402 g/mol. The highest BCUT2D eigenvalue weighted by Crippen LogP contribution is 2.31. The van der Waals surface area contributed by atoms with Gasteiger partial charge in [0.15, 0.2) is 5.96 Å². The topological polar surface area (TPSA) is 61.8 Å². The maximum Gasteiger partial charge on any atom is 0.191 e. The molecule has 2 N–H and O–H groups in total. The van der Waals surface area contributed by atoms with E-state index in [-0.39, 0.29) is 0 Å². The molecule has 1 aromatic heterocycles. The fraction of sp³-hybridized carbons (Fsp3) is 0.524. The van der Waals surface area contributed by atoms with Gasteiger partial charge in [-0.05, 0) is 38.3 Å². The Morgan fingerprint density at radius 1 is 1.36 bits per heavy atom. The number of anilines is 1. The molecule has 1 aliphatic heterocycles. The molecule has 0 radical (unpaired) electrons. The number of rotatable bonds is 8. The van der Waals surface area contributed by atoms with Gasteiger partial charge >= 0.3 is 0 Å². The summed E-state index contributed by atoms with van der Waals surface area (Å²) in [7, 11) is 1.73. The van der Waals surface area contributed by atoms with Crippen molar-refractivity contribution in [2.75, 3.05) is 44.7 Å². The third-order valence-electron chi connectivity index (χ3n) is 4.90. The molecule has 1 aliphatic rings. The molecular formula is C21H31N5OS. The van der Waals surface area contributed by atoms with Crippen molar-refractivity contribution in [1.82, 2.24) is 15.6 Å². The Morgan fingerprint density at radius 2 is 2.21 bits per heavy atom. The lowest BCUT2D eigenvalue weighted by atomic mass is 10.1. The Bertz CT molecular complexity index is 776. The summed E-state index contributed by atoms with van der Waals surface area (Å²) in [5.74, 6) is 2.39. The van der Waals surface area contributed by atoms with Crippen LogP contribution in [0, 0.1) is 12.8 Å². The first-order valence-electron chi connectivity index (χ1n) is 10.0. The van der Waals surface area contributed by atoms with Crippen LogP contribution in [0.5, 0.6) is 5.75 Å². The summed E-state index contributed by atoms with van der Waals surface area (Å²) in [4.78, 5) is 11.7. The van der Waals surface area contributed by atoms with E-state index in [2.05, 4.69) is 45.0 Å². The van der Waals surface area contributed by atoms with Crippen LogP contribution in [0.15, 0.2) is 34.6 Å². The highest BCUT2D eigenvalue weighted by molar-refractivity contribution is 7.09. The molecule has 28 heavy (non-hydrogen) atoms. The first-order valence-corrected chi connectivity index (χ1v) is 10.9. The molecule has 0 aliphatic carbocycles. The Kier molecular flexibility index (Phi) is 7.54. The van der Waals surface area contributed by atoms with Gasteiger partial charge in [-0.2, -0.15) is 0 Å². The smallest absolute Gasteiger partial charge is 0.191 e. The van der Waals surface area contributed by atoms with E-state index in [1.54, 1.807) is 18.4 Å². The number of aromatic nitrogens is 1. The minimum Gasteiger partial charge on any atom is -0.495 e. The van der Waals surface area contributed by atoms with E-state index in [4.69, 9.17) is 9.73 Å². The molecule has 7 heteroatoms. The molecule has 152 valence electrons. The molecule has 0 saturated carbocycles. The van der Waals surface area contributed by atoms with Gasteiger partial charge in [0.2, 0.25) is 0 Å². The first-order chi connectivity index (χ1) is 13.7. The number of ether oxygens (including phenoxy) is 1. The summed E-state index contributed by atoms with van der Waals surface area (Å²) in [5, 5.41) is 10.0. The Balaban J connectivity index is 1.50. The van der Waals surface area contributed by atoms with Crippen LogP contribution in [-0.4, -0.2) is 50.8 Å². The van der Waals surface area contributed by atoms with Gasteiger partial charge in [0, 0.05) is 44.5 Å². The van der Waals surface area contributed by atoms with Gasteiger partial charge in [-0.1, -0.05) is 12.1 Å². The molecule has 2 aromatic rings. The number of methoxy groups -OCH3 is 1. The second-order valence-corrected chi connectivity index (χ2v) is 8.09. The number of hydrogen-bond donors (Lipinski definition) is 2. The van der Waals surface area contributed by atoms with E-state index in [0.717, 1.165) is 68.0 Å². The van der Waals surface area contributed by atoms with E-state index in [1.165, 1.54) is 5.69 Å². The fourth-order valence-corrected chi connectivity index (χ4v) is 4.13. The highest BCUT2D eigenvalue weighted by Gasteiger charge is 2.24. The summed E-state index contributed by atoms with van der Waals surface area (Å²) in [6.07, 6.45) is 2.07. The van der Waals surface area contributed by atoms with Gasteiger partial charge in [0.1, 0.15) is 5.75 Å². The maximum absolute atomic E-state index is 5.51. The quantitative estimate of drug-likeness (QED) is 0.526. The summed E-state index contributed by atoms with van der Waals surface area (Å²) < 4.78 is 5.51. The van der Waals surface area contributed by atoms with Gasteiger partial charge in [-0.25, -0.2) is 4.98 Å². The molecule has 0 amide bonds. The lowest BCUT2D eigenvalue weighted by Gasteiger charge is -2.21. The Hall–Kier alpha value is -2.28. The first kappa shape index (κ1) is 20.5. The maximum atomic E-state index is 5.51. The monoisotopic (exact) mass is 401 g/mol. The van der Waals surface area contributed by atoms with Crippen LogP contribution in [0.3, 0.4) is 0 Å². The number of para-hydroxylation sites is 2. The largest absolute Gasteiger partial charge is 0.495 e. The molecule has 1 aromatic carbocycles. The summed E-state index contributed by atoms with van der Waals surface area (Å²) in [5.41, 5.74) is 2.33. The fourth-order valence-electron chi connectivity index (χ4n) is 3.49. The van der Waals surface area contributed by atoms with Crippen LogP contribution >= 0.6 is 11.3 Å². The predicted octanol–water partition coefficient (Wildman–Crippen LogP) is 3.08. The molecule has 1 saturated heterocycles. The van der Waals surface area contributed by atoms with E-state index < -0.39 is 0 Å². The molecule has 6 nitrogen and oxygen atoms in total. The molecule has 0 spiro atoms. The number of aryl methyl sites for hydroxylation is 1. The van der Waals surface area contributed by atoms with E-state index in [9.17, 15) is 0 Å².